The lowest BCUT2D eigenvalue weighted by Crippen LogP contribution is -2.52. The van der Waals surface area contributed by atoms with Gasteiger partial charge in [0.15, 0.2) is 6.10 Å². The van der Waals surface area contributed by atoms with Gasteiger partial charge in [-0.2, -0.15) is 0 Å². The van der Waals surface area contributed by atoms with E-state index in [1.165, 1.54) is 11.6 Å². The van der Waals surface area contributed by atoms with E-state index in [1.807, 2.05) is 48.3 Å². The van der Waals surface area contributed by atoms with Crippen molar-refractivity contribution in [2.45, 2.75) is 38.5 Å². The van der Waals surface area contributed by atoms with Crippen molar-refractivity contribution in [1.29, 1.82) is 0 Å². The number of nitrogens with one attached hydrogen (secondary N) is 1. The summed E-state index contributed by atoms with van der Waals surface area (Å²) in [5, 5.41) is 1.89. The van der Waals surface area contributed by atoms with Gasteiger partial charge in [0.1, 0.15) is 11.6 Å². The SMILES string of the molecule is CC[C@H](Oc1ccc2c(c1)[C@H](c1ccccc1)N(Cc1ccccc1F)CC2)C(=O)NN1CCOCC1. The van der Waals surface area contributed by atoms with Crippen LogP contribution in [0.3, 0.4) is 0 Å². The Labute approximate surface area is 218 Å². The first-order valence-corrected chi connectivity index (χ1v) is 13.1. The Hall–Kier alpha value is -3.26. The lowest BCUT2D eigenvalue weighted by molar-refractivity contribution is -0.135. The van der Waals surface area contributed by atoms with Gasteiger partial charge in [-0.15, -0.1) is 0 Å². The highest BCUT2D eigenvalue weighted by Gasteiger charge is 2.30. The number of hydrazine groups is 1. The highest BCUT2D eigenvalue weighted by molar-refractivity contribution is 5.80. The molecule has 3 aromatic rings. The summed E-state index contributed by atoms with van der Waals surface area (Å²) in [5.74, 6) is 0.327. The normalized spacial score (nSPS) is 19.1. The monoisotopic (exact) mass is 503 g/mol. The number of hydrogen-bond donors (Lipinski definition) is 1. The van der Waals surface area contributed by atoms with E-state index >= 15 is 0 Å². The Kier molecular flexibility index (Phi) is 8.14. The second kappa shape index (κ2) is 11.9. The molecule has 5 rings (SSSR count). The molecule has 6 nitrogen and oxygen atoms in total. The van der Waals surface area contributed by atoms with Gasteiger partial charge in [-0.3, -0.25) is 15.1 Å². The van der Waals surface area contributed by atoms with Crippen LogP contribution in [0, 0.1) is 5.82 Å². The summed E-state index contributed by atoms with van der Waals surface area (Å²) in [7, 11) is 0. The number of ether oxygens (including phenoxy) is 2. The maximum absolute atomic E-state index is 14.6. The zero-order valence-electron chi connectivity index (χ0n) is 21.2. The number of amides is 1. The summed E-state index contributed by atoms with van der Waals surface area (Å²) in [6.07, 6.45) is 0.811. The van der Waals surface area contributed by atoms with Crippen LogP contribution in [-0.2, 0) is 22.5 Å². The van der Waals surface area contributed by atoms with Gasteiger partial charge in [0.05, 0.1) is 19.3 Å². The van der Waals surface area contributed by atoms with Crippen LogP contribution in [0.1, 0.15) is 41.6 Å². The topological polar surface area (TPSA) is 54.0 Å². The van der Waals surface area contributed by atoms with E-state index < -0.39 is 6.10 Å². The van der Waals surface area contributed by atoms with Crippen LogP contribution in [-0.4, -0.2) is 54.8 Å². The first kappa shape index (κ1) is 25.4. The van der Waals surface area contributed by atoms with E-state index in [0.29, 0.717) is 50.6 Å². The van der Waals surface area contributed by atoms with Gasteiger partial charge >= 0.3 is 0 Å². The number of fused-ring (bicyclic) bond motifs is 1. The van der Waals surface area contributed by atoms with Crippen LogP contribution in [0.15, 0.2) is 72.8 Å². The van der Waals surface area contributed by atoms with Crippen molar-refractivity contribution in [2.24, 2.45) is 0 Å². The predicted octanol–water partition coefficient (Wildman–Crippen LogP) is 4.49. The first-order valence-electron chi connectivity index (χ1n) is 13.1. The molecule has 1 fully saturated rings. The molecule has 1 amide bonds. The summed E-state index contributed by atoms with van der Waals surface area (Å²) >= 11 is 0. The zero-order valence-corrected chi connectivity index (χ0v) is 21.2. The van der Waals surface area contributed by atoms with Crippen LogP contribution in [0.25, 0.3) is 0 Å². The first-order chi connectivity index (χ1) is 18.1. The Bertz CT molecular complexity index is 1200. The molecule has 0 unspecified atom stereocenters. The Balaban J connectivity index is 1.40. The third kappa shape index (κ3) is 6.01. The third-order valence-electron chi connectivity index (χ3n) is 7.11. The molecule has 0 aromatic heterocycles. The number of benzene rings is 3. The number of morpholine rings is 1. The lowest BCUT2D eigenvalue weighted by Gasteiger charge is -2.38. The highest BCUT2D eigenvalue weighted by atomic mass is 19.1. The molecule has 37 heavy (non-hydrogen) atoms. The number of rotatable bonds is 8. The number of carbonyl (C=O) groups excluding carboxylic acids is 1. The summed E-state index contributed by atoms with van der Waals surface area (Å²) in [5.41, 5.74) is 7.19. The van der Waals surface area contributed by atoms with Crippen LogP contribution >= 0.6 is 0 Å². The molecule has 0 bridgehead atoms. The van der Waals surface area contributed by atoms with Crippen molar-refractivity contribution in [1.82, 2.24) is 15.3 Å². The maximum Gasteiger partial charge on any atom is 0.275 e. The van der Waals surface area contributed by atoms with E-state index in [2.05, 4.69) is 34.6 Å². The quantitative estimate of drug-likeness (QED) is 0.491. The van der Waals surface area contributed by atoms with Gasteiger partial charge in [-0.05, 0) is 47.7 Å². The van der Waals surface area contributed by atoms with E-state index in [1.54, 1.807) is 6.07 Å². The Morgan fingerprint density at radius 1 is 1.05 bits per heavy atom. The zero-order chi connectivity index (χ0) is 25.6. The minimum absolute atomic E-state index is 0.0460. The molecular formula is C30H34FN3O3. The average Bonchev–Trinajstić information content (AvgIpc) is 2.93. The summed E-state index contributed by atoms with van der Waals surface area (Å²) < 4.78 is 26.2. The second-order valence-corrected chi connectivity index (χ2v) is 9.58. The van der Waals surface area contributed by atoms with Crippen LogP contribution in [0.5, 0.6) is 5.75 Å². The molecule has 7 heteroatoms. The molecule has 1 N–H and O–H groups in total. The Morgan fingerprint density at radius 3 is 2.57 bits per heavy atom. The van der Waals surface area contributed by atoms with Gasteiger partial charge in [0, 0.05) is 31.7 Å². The molecule has 3 aromatic carbocycles. The highest BCUT2D eigenvalue weighted by Crippen LogP contribution is 2.38. The van der Waals surface area contributed by atoms with Gasteiger partial charge < -0.3 is 9.47 Å². The van der Waals surface area contributed by atoms with Crippen molar-refractivity contribution >= 4 is 5.91 Å². The number of carbonyl (C=O) groups is 1. The second-order valence-electron chi connectivity index (χ2n) is 9.58. The molecule has 0 spiro atoms. The van der Waals surface area contributed by atoms with Crippen LogP contribution in [0.4, 0.5) is 4.39 Å². The van der Waals surface area contributed by atoms with Crippen molar-refractivity contribution in [3.8, 4) is 5.75 Å². The van der Waals surface area contributed by atoms with Crippen LogP contribution in [0.2, 0.25) is 0 Å². The van der Waals surface area contributed by atoms with E-state index in [4.69, 9.17) is 9.47 Å². The van der Waals surface area contributed by atoms with Gasteiger partial charge in [-0.25, -0.2) is 9.40 Å². The minimum Gasteiger partial charge on any atom is -0.481 e. The molecule has 2 aliphatic heterocycles. The molecule has 0 aliphatic carbocycles. The van der Waals surface area contributed by atoms with E-state index in [0.717, 1.165) is 24.1 Å². The van der Waals surface area contributed by atoms with Gasteiger partial charge in [-0.1, -0.05) is 61.5 Å². The average molecular weight is 504 g/mol. The molecule has 0 saturated carbocycles. The molecule has 0 radical (unpaired) electrons. The number of hydrogen-bond acceptors (Lipinski definition) is 5. The fourth-order valence-corrected chi connectivity index (χ4v) is 5.15. The molecule has 194 valence electrons. The van der Waals surface area contributed by atoms with E-state index in [9.17, 15) is 9.18 Å². The minimum atomic E-state index is -0.603. The fraction of sp³-hybridized carbons (Fsp3) is 0.367. The predicted molar refractivity (Wildman–Crippen MR) is 140 cm³/mol. The molecule has 2 atom stereocenters. The largest absolute Gasteiger partial charge is 0.481 e. The molecule has 2 aliphatic rings. The number of nitrogens with zero attached hydrogens (tertiary/aromatic N) is 2. The molecular weight excluding hydrogens is 469 g/mol. The smallest absolute Gasteiger partial charge is 0.275 e. The van der Waals surface area contributed by atoms with Crippen molar-refractivity contribution in [2.75, 3.05) is 32.8 Å². The van der Waals surface area contributed by atoms with Gasteiger partial charge in [0.25, 0.3) is 5.91 Å². The number of halogens is 1. The fourth-order valence-electron chi connectivity index (χ4n) is 5.15. The van der Waals surface area contributed by atoms with Gasteiger partial charge in [0.2, 0.25) is 0 Å². The Morgan fingerprint density at radius 2 is 1.81 bits per heavy atom. The summed E-state index contributed by atoms with van der Waals surface area (Å²) in [6, 6.07) is 23.4. The third-order valence-corrected chi connectivity index (χ3v) is 7.11. The molecule has 2 heterocycles. The summed E-state index contributed by atoms with van der Waals surface area (Å²) in [4.78, 5) is 15.3. The van der Waals surface area contributed by atoms with Crippen molar-refractivity contribution in [3.05, 3.63) is 101 Å². The lowest BCUT2D eigenvalue weighted by atomic mass is 9.87. The molecule has 1 saturated heterocycles. The van der Waals surface area contributed by atoms with E-state index in [-0.39, 0.29) is 17.8 Å². The summed E-state index contributed by atoms with van der Waals surface area (Å²) in [6.45, 7) is 5.82. The maximum atomic E-state index is 14.6. The standard InChI is InChI=1S/C30H34FN3O3/c1-2-28(30(35)32-34-16-18-36-19-17-34)37-25-13-12-22-14-15-33(21-24-10-6-7-11-27(24)31)29(26(22)20-25)23-8-4-3-5-9-23/h3-13,20,28-29H,2,14-19,21H2,1H3,(H,32,35)/t28-,29-/m0/s1. The van der Waals surface area contributed by atoms with Crippen LogP contribution < -0.4 is 10.2 Å². The van der Waals surface area contributed by atoms with Crippen molar-refractivity contribution in [3.63, 3.8) is 0 Å². The van der Waals surface area contributed by atoms with Crippen molar-refractivity contribution < 1.29 is 18.7 Å².